The minimum absolute atomic E-state index is 0.123. The zero-order chi connectivity index (χ0) is 26.8. The van der Waals surface area contributed by atoms with Gasteiger partial charge in [0.2, 0.25) is 11.8 Å². The quantitative estimate of drug-likeness (QED) is 0.356. The highest BCUT2D eigenvalue weighted by atomic mass is 16.5. The first-order valence-corrected chi connectivity index (χ1v) is 12.8. The number of rotatable bonds is 5. The highest BCUT2D eigenvalue weighted by Crippen LogP contribution is 2.63. The number of hydroxylamine groups is 2. The van der Waals surface area contributed by atoms with Crippen molar-refractivity contribution >= 4 is 29.3 Å². The summed E-state index contributed by atoms with van der Waals surface area (Å²) in [6.45, 7) is 1.85. The van der Waals surface area contributed by atoms with E-state index in [0.717, 1.165) is 11.1 Å². The molecule has 6 rings (SSSR count). The molecule has 9 heteroatoms. The first-order chi connectivity index (χ1) is 18.3. The lowest BCUT2D eigenvalue weighted by Gasteiger charge is -2.49. The van der Waals surface area contributed by atoms with Gasteiger partial charge in [0.1, 0.15) is 12.4 Å². The molecule has 2 aromatic rings. The number of para-hydroxylation sites is 1. The number of benzene rings is 2. The van der Waals surface area contributed by atoms with Gasteiger partial charge in [0, 0.05) is 5.92 Å². The number of allylic oxidation sites excluding steroid dienone is 2. The number of hydrogen-bond donors (Lipinski definition) is 2. The molecule has 2 N–H and O–H groups in total. The van der Waals surface area contributed by atoms with Crippen LogP contribution in [0.2, 0.25) is 0 Å². The van der Waals surface area contributed by atoms with Crippen LogP contribution in [0.4, 0.5) is 5.69 Å². The second-order valence-corrected chi connectivity index (χ2v) is 10.6. The maximum atomic E-state index is 14.2. The maximum Gasteiger partial charge on any atom is 0.257 e. The molecule has 2 saturated heterocycles. The molecule has 196 valence electrons. The van der Waals surface area contributed by atoms with Crippen LogP contribution in [0.1, 0.15) is 31.2 Å². The smallest absolute Gasteiger partial charge is 0.257 e. The van der Waals surface area contributed by atoms with E-state index in [-0.39, 0.29) is 42.9 Å². The molecule has 4 amide bonds. The van der Waals surface area contributed by atoms with Gasteiger partial charge < -0.3 is 9.84 Å². The van der Waals surface area contributed by atoms with Crippen molar-refractivity contribution in [3.05, 3.63) is 71.8 Å². The van der Waals surface area contributed by atoms with Gasteiger partial charge in [-0.15, -0.1) is 0 Å². The van der Waals surface area contributed by atoms with E-state index in [0.29, 0.717) is 11.4 Å². The molecule has 0 aromatic heterocycles. The number of anilines is 1. The SMILES string of the molecule is C[C@@]12C(=O)N(c3ccccc3)C(=O)[C@@H]1C[C@@H]1C(=CC[C@@H]3C(=O)N(O)C(=O)[C@@H]31)[C@@H]2c1ccc(OCCO)cc1. The van der Waals surface area contributed by atoms with Crippen molar-refractivity contribution in [2.24, 2.45) is 29.1 Å². The molecule has 38 heavy (non-hydrogen) atoms. The molecule has 3 fully saturated rings. The molecule has 0 unspecified atom stereocenters. The van der Waals surface area contributed by atoms with Crippen molar-refractivity contribution in [1.29, 1.82) is 0 Å². The lowest BCUT2D eigenvalue weighted by Crippen LogP contribution is -2.48. The van der Waals surface area contributed by atoms with Crippen LogP contribution in [-0.2, 0) is 19.2 Å². The number of carbonyl (C=O) groups excluding carboxylic acids is 4. The van der Waals surface area contributed by atoms with Crippen LogP contribution < -0.4 is 9.64 Å². The van der Waals surface area contributed by atoms with Gasteiger partial charge in [0.25, 0.3) is 11.8 Å². The van der Waals surface area contributed by atoms with Gasteiger partial charge in [0.05, 0.1) is 35.5 Å². The van der Waals surface area contributed by atoms with Crippen LogP contribution >= 0.6 is 0 Å². The third-order valence-electron chi connectivity index (χ3n) is 8.84. The molecule has 4 aliphatic rings. The van der Waals surface area contributed by atoms with Crippen molar-refractivity contribution in [3.8, 4) is 5.75 Å². The Kier molecular flexibility index (Phi) is 5.73. The number of ether oxygens (including phenoxy) is 1. The van der Waals surface area contributed by atoms with E-state index in [1.807, 2.05) is 31.2 Å². The van der Waals surface area contributed by atoms with Crippen molar-refractivity contribution in [2.75, 3.05) is 18.1 Å². The van der Waals surface area contributed by atoms with E-state index in [2.05, 4.69) is 0 Å². The van der Waals surface area contributed by atoms with E-state index in [1.165, 1.54) is 4.90 Å². The second-order valence-electron chi connectivity index (χ2n) is 10.6. The Labute approximate surface area is 219 Å². The number of aliphatic hydroxyl groups excluding tert-OH is 1. The van der Waals surface area contributed by atoms with Crippen molar-refractivity contribution in [1.82, 2.24) is 5.06 Å². The molecular weight excluding hydrogens is 488 g/mol. The Bertz CT molecular complexity index is 1350. The highest BCUT2D eigenvalue weighted by Gasteiger charge is 2.67. The molecule has 0 radical (unpaired) electrons. The van der Waals surface area contributed by atoms with Gasteiger partial charge in [-0.2, -0.15) is 5.06 Å². The fourth-order valence-corrected chi connectivity index (χ4v) is 7.12. The lowest BCUT2D eigenvalue weighted by molar-refractivity contribution is -0.173. The fraction of sp³-hybridized carbons (Fsp3) is 0.379. The number of hydrogen-bond acceptors (Lipinski definition) is 7. The summed E-state index contributed by atoms with van der Waals surface area (Å²) < 4.78 is 5.51. The first-order valence-electron chi connectivity index (χ1n) is 12.8. The summed E-state index contributed by atoms with van der Waals surface area (Å²) in [6.07, 6.45) is 2.44. The maximum absolute atomic E-state index is 14.2. The molecule has 2 aliphatic carbocycles. The summed E-state index contributed by atoms with van der Waals surface area (Å²) in [6, 6.07) is 16.0. The monoisotopic (exact) mass is 516 g/mol. The Morgan fingerprint density at radius 3 is 2.34 bits per heavy atom. The van der Waals surface area contributed by atoms with E-state index in [9.17, 15) is 24.4 Å². The largest absolute Gasteiger partial charge is 0.491 e. The van der Waals surface area contributed by atoms with Gasteiger partial charge in [-0.25, -0.2) is 4.90 Å². The zero-order valence-electron chi connectivity index (χ0n) is 20.8. The zero-order valence-corrected chi connectivity index (χ0v) is 20.8. The molecular formula is C29H28N2O7. The van der Waals surface area contributed by atoms with Gasteiger partial charge in [-0.3, -0.25) is 24.4 Å². The minimum Gasteiger partial charge on any atom is -0.491 e. The average Bonchev–Trinajstić information content (AvgIpc) is 3.27. The molecule has 1 saturated carbocycles. The Hall–Kier alpha value is -3.82. The van der Waals surface area contributed by atoms with Crippen LogP contribution in [0.25, 0.3) is 0 Å². The van der Waals surface area contributed by atoms with E-state index in [1.54, 1.807) is 36.4 Å². The normalized spacial score (nSPS) is 32.2. The third-order valence-corrected chi connectivity index (χ3v) is 8.84. The van der Waals surface area contributed by atoms with E-state index in [4.69, 9.17) is 9.84 Å². The summed E-state index contributed by atoms with van der Waals surface area (Å²) in [5, 5.41) is 19.4. The summed E-state index contributed by atoms with van der Waals surface area (Å²) in [5.41, 5.74) is 1.01. The van der Waals surface area contributed by atoms with Gasteiger partial charge in [-0.1, -0.05) is 42.0 Å². The molecule has 2 heterocycles. The summed E-state index contributed by atoms with van der Waals surface area (Å²) in [7, 11) is 0. The number of carbonyl (C=O) groups is 4. The van der Waals surface area contributed by atoms with E-state index >= 15 is 0 Å². The Morgan fingerprint density at radius 2 is 1.66 bits per heavy atom. The molecule has 0 spiro atoms. The van der Waals surface area contributed by atoms with Crippen LogP contribution in [0, 0.1) is 29.1 Å². The summed E-state index contributed by atoms with van der Waals surface area (Å²) in [4.78, 5) is 55.0. The van der Waals surface area contributed by atoms with E-state index < -0.39 is 46.8 Å². The van der Waals surface area contributed by atoms with Crippen molar-refractivity contribution in [2.45, 2.75) is 25.7 Å². The summed E-state index contributed by atoms with van der Waals surface area (Å²) >= 11 is 0. The predicted octanol–water partition coefficient (Wildman–Crippen LogP) is 2.68. The van der Waals surface area contributed by atoms with Crippen molar-refractivity contribution in [3.63, 3.8) is 0 Å². The predicted molar refractivity (Wildman–Crippen MR) is 134 cm³/mol. The fourth-order valence-electron chi connectivity index (χ4n) is 7.12. The number of imide groups is 2. The van der Waals surface area contributed by atoms with Crippen LogP contribution in [0.3, 0.4) is 0 Å². The van der Waals surface area contributed by atoms with Gasteiger partial charge >= 0.3 is 0 Å². The average molecular weight is 517 g/mol. The number of amides is 4. The van der Waals surface area contributed by atoms with Crippen LogP contribution in [-0.4, -0.2) is 52.2 Å². The highest BCUT2D eigenvalue weighted by molar-refractivity contribution is 6.24. The summed E-state index contributed by atoms with van der Waals surface area (Å²) in [5.74, 6) is -4.52. The van der Waals surface area contributed by atoms with Crippen LogP contribution in [0.5, 0.6) is 5.75 Å². The van der Waals surface area contributed by atoms with Gasteiger partial charge in [-0.05, 0) is 55.5 Å². The lowest BCUT2D eigenvalue weighted by atomic mass is 9.51. The minimum atomic E-state index is -1.12. The standard InChI is InChI=1S/C29H28N2O7/c1-29-22(26(34)30(28(29)36)17-5-3-2-4-6-17)15-21-19(11-12-20-23(21)27(35)31(37)25(20)33)24(29)16-7-9-18(10-8-16)38-14-13-32/h2-11,20-24,32,37H,12-15H2,1H3/t20-,21+,22-,23-,24-,29+/m0/s1. The molecule has 2 aromatic carbocycles. The van der Waals surface area contributed by atoms with Crippen molar-refractivity contribution < 1.29 is 34.2 Å². The first kappa shape index (κ1) is 24.5. The Morgan fingerprint density at radius 1 is 0.947 bits per heavy atom. The third kappa shape index (κ3) is 3.31. The number of aliphatic hydroxyl groups is 1. The molecule has 2 aliphatic heterocycles. The number of fused-ring (bicyclic) bond motifs is 4. The van der Waals surface area contributed by atoms with Gasteiger partial charge in [0.15, 0.2) is 0 Å². The number of nitrogens with zero attached hydrogens (tertiary/aromatic N) is 2. The topological polar surface area (TPSA) is 124 Å². The molecule has 6 atom stereocenters. The van der Waals surface area contributed by atoms with Crippen LogP contribution in [0.15, 0.2) is 66.2 Å². The molecule has 0 bridgehead atoms. The molecule has 9 nitrogen and oxygen atoms in total. The Balaban J connectivity index is 1.49. The second kappa shape index (κ2) is 8.89.